The molecule has 2 N–H and O–H groups in total. The first-order chi connectivity index (χ1) is 8.83. The molecule has 0 bridgehead atoms. The van der Waals surface area contributed by atoms with Crippen LogP contribution in [0, 0.1) is 0 Å². The Morgan fingerprint density at radius 1 is 1.50 bits per heavy atom. The lowest BCUT2D eigenvalue weighted by Gasteiger charge is -2.13. The van der Waals surface area contributed by atoms with Crippen LogP contribution >= 0.6 is 11.3 Å². The zero-order valence-corrected chi connectivity index (χ0v) is 11.1. The van der Waals surface area contributed by atoms with Crippen molar-refractivity contribution >= 4 is 16.5 Å². The smallest absolute Gasteiger partial charge is 0.206 e. The molecular weight excluding hydrogens is 250 g/mol. The Bertz CT molecular complexity index is 456. The molecule has 1 atom stereocenters. The quantitative estimate of drug-likeness (QED) is 0.807. The summed E-state index contributed by atoms with van der Waals surface area (Å²) in [6, 6.07) is 3.66. The zero-order chi connectivity index (χ0) is 12.8. The van der Waals surface area contributed by atoms with E-state index in [1.807, 2.05) is 12.1 Å². The normalized spacial score (nSPS) is 12.6. The van der Waals surface area contributed by atoms with E-state index in [1.165, 1.54) is 0 Å². The Morgan fingerprint density at radius 3 is 3.06 bits per heavy atom. The molecule has 98 valence electrons. The summed E-state index contributed by atoms with van der Waals surface area (Å²) in [6.45, 7) is 2.21. The highest BCUT2D eigenvalue weighted by Crippen LogP contribution is 2.25. The van der Waals surface area contributed by atoms with Crippen LogP contribution in [0.4, 0.5) is 5.13 Å². The first-order valence-corrected chi connectivity index (χ1v) is 6.88. The predicted octanol–water partition coefficient (Wildman–Crippen LogP) is 2.62. The molecule has 0 aliphatic rings. The molecule has 0 radical (unpaired) electrons. The van der Waals surface area contributed by atoms with Crippen molar-refractivity contribution in [1.82, 2.24) is 10.2 Å². The fourth-order valence-corrected chi connectivity index (χ4v) is 2.57. The highest BCUT2D eigenvalue weighted by atomic mass is 32.1. The van der Waals surface area contributed by atoms with Crippen molar-refractivity contribution in [2.45, 2.75) is 32.2 Å². The number of nitrogens with zero attached hydrogens (tertiary/aromatic N) is 2. The third kappa shape index (κ3) is 3.30. The molecule has 2 rings (SSSR count). The largest absolute Gasteiger partial charge is 0.467 e. The second-order valence-electron chi connectivity index (χ2n) is 3.98. The number of furan rings is 1. The minimum Gasteiger partial charge on any atom is -0.467 e. The maximum Gasteiger partial charge on any atom is 0.206 e. The van der Waals surface area contributed by atoms with Gasteiger partial charge >= 0.3 is 0 Å². The summed E-state index contributed by atoms with van der Waals surface area (Å²) >= 11 is 1.55. The van der Waals surface area contributed by atoms with Crippen molar-refractivity contribution < 1.29 is 9.52 Å². The van der Waals surface area contributed by atoms with Gasteiger partial charge in [0.25, 0.3) is 0 Å². The lowest BCUT2D eigenvalue weighted by atomic mass is 10.1. The van der Waals surface area contributed by atoms with Crippen molar-refractivity contribution in [1.29, 1.82) is 0 Å². The molecule has 2 aromatic rings. The fourth-order valence-electron chi connectivity index (χ4n) is 1.68. The van der Waals surface area contributed by atoms with Crippen LogP contribution in [0.3, 0.4) is 0 Å². The lowest BCUT2D eigenvalue weighted by Crippen LogP contribution is -2.11. The summed E-state index contributed by atoms with van der Waals surface area (Å²) in [7, 11) is 0. The summed E-state index contributed by atoms with van der Waals surface area (Å²) in [5.41, 5.74) is 0. The zero-order valence-electron chi connectivity index (χ0n) is 10.3. The number of aryl methyl sites for hydroxylation is 1. The molecule has 18 heavy (non-hydrogen) atoms. The van der Waals surface area contributed by atoms with Crippen LogP contribution in [-0.2, 0) is 6.42 Å². The van der Waals surface area contributed by atoms with E-state index in [4.69, 9.17) is 9.52 Å². The summed E-state index contributed by atoms with van der Waals surface area (Å²) in [5, 5.41) is 22.4. The molecule has 0 amide bonds. The second kappa shape index (κ2) is 6.51. The van der Waals surface area contributed by atoms with Crippen LogP contribution in [0.1, 0.15) is 36.6 Å². The van der Waals surface area contributed by atoms with Crippen LogP contribution in [-0.4, -0.2) is 21.9 Å². The van der Waals surface area contributed by atoms with Gasteiger partial charge in [0.2, 0.25) is 5.13 Å². The van der Waals surface area contributed by atoms with Crippen LogP contribution in [0.15, 0.2) is 22.8 Å². The number of nitrogens with one attached hydrogen (secondary N) is 1. The number of aliphatic hydroxyl groups excluding tert-OH is 1. The Labute approximate surface area is 110 Å². The topological polar surface area (TPSA) is 71.2 Å². The van der Waals surface area contributed by atoms with Crippen LogP contribution < -0.4 is 5.32 Å². The molecule has 1 unspecified atom stereocenters. The summed E-state index contributed by atoms with van der Waals surface area (Å²) in [4.78, 5) is 0. The average Bonchev–Trinajstić information content (AvgIpc) is 3.00. The Kier molecular flexibility index (Phi) is 4.72. The van der Waals surface area contributed by atoms with Crippen LogP contribution in [0.25, 0.3) is 0 Å². The predicted molar refractivity (Wildman–Crippen MR) is 70.7 cm³/mol. The third-order valence-electron chi connectivity index (χ3n) is 2.53. The summed E-state index contributed by atoms with van der Waals surface area (Å²) in [6.07, 6.45) is 4.22. The first-order valence-electron chi connectivity index (χ1n) is 6.06. The number of aliphatic hydroxyl groups is 1. The van der Waals surface area contributed by atoms with Gasteiger partial charge in [0.15, 0.2) is 0 Å². The van der Waals surface area contributed by atoms with Gasteiger partial charge in [-0.15, -0.1) is 10.2 Å². The molecule has 2 heterocycles. The number of hydrogen-bond acceptors (Lipinski definition) is 6. The molecule has 0 fully saturated rings. The highest BCUT2D eigenvalue weighted by Gasteiger charge is 2.15. The van der Waals surface area contributed by atoms with E-state index in [1.54, 1.807) is 17.6 Å². The van der Waals surface area contributed by atoms with E-state index in [2.05, 4.69) is 22.4 Å². The highest BCUT2D eigenvalue weighted by molar-refractivity contribution is 7.15. The van der Waals surface area contributed by atoms with Crippen molar-refractivity contribution in [2.75, 3.05) is 11.9 Å². The van der Waals surface area contributed by atoms with Gasteiger partial charge in [-0.1, -0.05) is 18.3 Å². The first kappa shape index (κ1) is 13.0. The number of aromatic nitrogens is 2. The van der Waals surface area contributed by atoms with Crippen molar-refractivity contribution in [3.05, 3.63) is 29.2 Å². The SMILES string of the molecule is CCCc1nnc(NC(CCO)c2ccco2)s1. The maximum atomic E-state index is 9.09. The molecule has 0 saturated carbocycles. The molecule has 0 aromatic carbocycles. The van der Waals surface area contributed by atoms with Gasteiger partial charge in [-0.05, 0) is 25.0 Å². The van der Waals surface area contributed by atoms with Gasteiger partial charge in [0.1, 0.15) is 10.8 Å². The lowest BCUT2D eigenvalue weighted by molar-refractivity contribution is 0.273. The van der Waals surface area contributed by atoms with E-state index in [0.717, 1.165) is 28.7 Å². The maximum absolute atomic E-state index is 9.09. The minimum absolute atomic E-state index is 0.0626. The van der Waals surface area contributed by atoms with Gasteiger partial charge in [0, 0.05) is 13.0 Å². The van der Waals surface area contributed by atoms with Gasteiger partial charge < -0.3 is 14.8 Å². The van der Waals surface area contributed by atoms with Crippen molar-refractivity contribution in [3.8, 4) is 0 Å². The molecule has 2 aromatic heterocycles. The number of anilines is 1. The van der Waals surface area contributed by atoms with Gasteiger partial charge in [-0.25, -0.2) is 0 Å². The van der Waals surface area contributed by atoms with E-state index < -0.39 is 0 Å². The monoisotopic (exact) mass is 267 g/mol. The van der Waals surface area contributed by atoms with E-state index >= 15 is 0 Å². The van der Waals surface area contributed by atoms with E-state index in [9.17, 15) is 0 Å². The average molecular weight is 267 g/mol. The molecule has 0 aliphatic carbocycles. The molecule has 0 spiro atoms. The second-order valence-corrected chi connectivity index (χ2v) is 5.04. The molecule has 6 heteroatoms. The van der Waals surface area contributed by atoms with Gasteiger partial charge in [0.05, 0.1) is 12.3 Å². The number of hydrogen-bond donors (Lipinski definition) is 2. The van der Waals surface area contributed by atoms with Crippen LogP contribution in [0.2, 0.25) is 0 Å². The number of rotatable bonds is 7. The molecule has 5 nitrogen and oxygen atoms in total. The fraction of sp³-hybridized carbons (Fsp3) is 0.500. The van der Waals surface area contributed by atoms with Crippen molar-refractivity contribution in [2.24, 2.45) is 0 Å². The van der Waals surface area contributed by atoms with E-state index in [-0.39, 0.29) is 12.6 Å². The third-order valence-corrected chi connectivity index (χ3v) is 3.45. The molecule has 0 aliphatic heterocycles. The standard InChI is InChI=1S/C12H17N3O2S/c1-2-4-11-14-15-12(18-11)13-9(6-7-16)10-5-3-8-17-10/h3,5,8-9,16H,2,4,6-7H2,1H3,(H,13,15). The van der Waals surface area contributed by atoms with E-state index in [0.29, 0.717) is 6.42 Å². The van der Waals surface area contributed by atoms with Crippen LogP contribution in [0.5, 0.6) is 0 Å². The summed E-state index contributed by atoms with van der Waals surface area (Å²) < 4.78 is 5.36. The molecular formula is C12H17N3O2S. The minimum atomic E-state index is -0.0626. The summed E-state index contributed by atoms with van der Waals surface area (Å²) in [5.74, 6) is 0.802. The Morgan fingerprint density at radius 2 is 2.39 bits per heavy atom. The molecule has 0 saturated heterocycles. The Hall–Kier alpha value is -1.40. The van der Waals surface area contributed by atoms with Crippen molar-refractivity contribution in [3.63, 3.8) is 0 Å². The van der Waals surface area contributed by atoms with Gasteiger partial charge in [-0.2, -0.15) is 0 Å². The Balaban J connectivity index is 2.03. The van der Waals surface area contributed by atoms with Gasteiger partial charge in [-0.3, -0.25) is 0 Å².